The molecule has 0 unspecified atom stereocenters. The molecule has 0 aromatic carbocycles. The van der Waals surface area contributed by atoms with E-state index in [0.29, 0.717) is 30.6 Å². The molecule has 2 aromatic heterocycles. The Labute approximate surface area is 209 Å². The number of hydrogen-bond acceptors (Lipinski definition) is 12. The van der Waals surface area contributed by atoms with Crippen molar-refractivity contribution in [1.82, 2.24) is 19.5 Å². The Morgan fingerprint density at radius 3 is 2.17 bits per heavy atom. The summed E-state index contributed by atoms with van der Waals surface area (Å²) in [6.07, 6.45) is 4.48. The van der Waals surface area contributed by atoms with Crippen LogP contribution in [0.4, 0.5) is 5.95 Å². The van der Waals surface area contributed by atoms with Crippen LogP contribution in [0.15, 0.2) is 12.5 Å². The minimum atomic E-state index is -3.95. The first-order chi connectivity index (χ1) is 17.0. The highest BCUT2D eigenvalue weighted by molar-refractivity contribution is 7.53. The molecule has 1 aliphatic carbocycles. The largest absolute Gasteiger partial charge is 0.438 e. The molecule has 2 aromatic rings. The zero-order chi connectivity index (χ0) is 26.3. The van der Waals surface area contributed by atoms with Gasteiger partial charge in [-0.25, -0.2) is 9.97 Å². The first kappa shape index (κ1) is 28.0. The normalized spacial score (nSPS) is 14.9. The zero-order valence-electron chi connectivity index (χ0n) is 21.0. The van der Waals surface area contributed by atoms with Crippen LogP contribution in [0.1, 0.15) is 53.4 Å². The molecule has 0 atom stereocenters. The van der Waals surface area contributed by atoms with Crippen molar-refractivity contribution in [1.29, 1.82) is 0 Å². The van der Waals surface area contributed by atoms with Crippen LogP contribution in [0.2, 0.25) is 0 Å². The lowest BCUT2D eigenvalue weighted by atomic mass is 10.1. The molecule has 2 N–H and O–H groups in total. The molecule has 2 heterocycles. The fourth-order valence-electron chi connectivity index (χ4n) is 3.24. The smallest absolute Gasteiger partial charge is 0.361 e. The summed E-state index contributed by atoms with van der Waals surface area (Å²) in [5.74, 6) is -0.668. The van der Waals surface area contributed by atoms with Gasteiger partial charge in [0.05, 0.1) is 24.7 Å². The summed E-state index contributed by atoms with van der Waals surface area (Å²) < 4.78 is 41.7. The molecule has 0 amide bonds. The van der Waals surface area contributed by atoms with Gasteiger partial charge in [-0.1, -0.05) is 27.7 Å². The van der Waals surface area contributed by atoms with Crippen molar-refractivity contribution in [3.8, 4) is 0 Å². The quantitative estimate of drug-likeness (QED) is 0.204. The molecule has 1 aliphatic rings. The van der Waals surface area contributed by atoms with E-state index in [1.165, 1.54) is 6.20 Å². The lowest BCUT2D eigenvalue weighted by molar-refractivity contribution is -0.153. The van der Waals surface area contributed by atoms with Crippen molar-refractivity contribution in [2.75, 3.05) is 25.7 Å². The number of nitrogen functional groups attached to an aromatic ring is 1. The van der Waals surface area contributed by atoms with E-state index < -0.39 is 45.1 Å². The maximum atomic E-state index is 13.3. The molecule has 13 nitrogen and oxygen atoms in total. The van der Waals surface area contributed by atoms with Crippen LogP contribution in [-0.2, 0) is 44.0 Å². The van der Waals surface area contributed by atoms with E-state index in [4.69, 9.17) is 29.0 Å². The second-order valence-electron chi connectivity index (χ2n) is 9.60. The molecule has 36 heavy (non-hydrogen) atoms. The topological polar surface area (TPSA) is 167 Å². The van der Waals surface area contributed by atoms with E-state index in [1.54, 1.807) is 10.9 Å². The van der Waals surface area contributed by atoms with Crippen LogP contribution >= 0.6 is 7.60 Å². The maximum absolute atomic E-state index is 13.3. The van der Waals surface area contributed by atoms with Gasteiger partial charge in [0.25, 0.3) is 0 Å². The number of fused-ring (bicyclic) bond motifs is 1. The summed E-state index contributed by atoms with van der Waals surface area (Å²) in [6.45, 7) is 6.70. The van der Waals surface area contributed by atoms with Gasteiger partial charge >= 0.3 is 19.5 Å². The van der Waals surface area contributed by atoms with Crippen LogP contribution in [0.5, 0.6) is 0 Å². The highest BCUT2D eigenvalue weighted by Gasteiger charge is 2.47. The van der Waals surface area contributed by atoms with Crippen LogP contribution < -0.4 is 5.73 Å². The molecular formula is C22H34N5O8P. The number of hydrogen-bond donors (Lipinski definition) is 1. The molecule has 200 valence electrons. The molecule has 14 heteroatoms. The number of nitrogens with two attached hydrogens (primary N) is 1. The van der Waals surface area contributed by atoms with E-state index in [1.807, 2.05) is 27.7 Å². The molecule has 1 saturated carbocycles. The predicted molar refractivity (Wildman–Crippen MR) is 128 cm³/mol. The molecular weight excluding hydrogens is 493 g/mol. The second kappa shape index (κ2) is 12.1. The predicted octanol–water partition coefficient (Wildman–Crippen LogP) is 3.24. The van der Waals surface area contributed by atoms with Gasteiger partial charge in [-0.05, 0) is 24.7 Å². The van der Waals surface area contributed by atoms with E-state index in [9.17, 15) is 14.2 Å². The van der Waals surface area contributed by atoms with Gasteiger partial charge in [0.2, 0.25) is 19.5 Å². The third-order valence-corrected chi connectivity index (χ3v) is 6.70. The Kier molecular flexibility index (Phi) is 9.40. The summed E-state index contributed by atoms with van der Waals surface area (Å²) in [7, 11) is -3.95. The van der Waals surface area contributed by atoms with Crippen molar-refractivity contribution < 1.29 is 37.4 Å². The number of carbonyl (C=O) groups is 2. The van der Waals surface area contributed by atoms with Crippen molar-refractivity contribution in [3.63, 3.8) is 0 Å². The summed E-state index contributed by atoms with van der Waals surface area (Å²) in [6, 6.07) is 0. The van der Waals surface area contributed by atoms with Gasteiger partial charge in [0.1, 0.15) is 11.9 Å². The summed E-state index contributed by atoms with van der Waals surface area (Å²) >= 11 is 0. The Balaban J connectivity index is 1.60. The third kappa shape index (κ3) is 8.51. The Hall–Kier alpha value is -2.60. The zero-order valence-corrected chi connectivity index (χ0v) is 21.9. The summed E-state index contributed by atoms with van der Waals surface area (Å²) in [5.41, 5.74) is 6.20. The average Bonchev–Trinajstić information content (AvgIpc) is 3.44. The number of esters is 2. The molecule has 3 rings (SSSR count). The molecule has 0 bridgehead atoms. The maximum Gasteiger partial charge on any atom is 0.361 e. The highest BCUT2D eigenvalue weighted by Crippen LogP contribution is 2.52. The number of carbonyl (C=O) groups excluding carboxylic acids is 2. The Bertz CT molecular complexity index is 1070. The number of anilines is 1. The van der Waals surface area contributed by atoms with Gasteiger partial charge in [0, 0.05) is 12.8 Å². The highest BCUT2D eigenvalue weighted by atomic mass is 31.2. The van der Waals surface area contributed by atoms with Crippen LogP contribution in [0, 0.1) is 11.8 Å². The van der Waals surface area contributed by atoms with Gasteiger partial charge < -0.3 is 24.5 Å². The fourth-order valence-corrected chi connectivity index (χ4v) is 4.32. The Morgan fingerprint density at radius 2 is 1.64 bits per heavy atom. The van der Waals surface area contributed by atoms with Crippen LogP contribution in [-0.4, -0.2) is 57.0 Å². The van der Waals surface area contributed by atoms with Crippen molar-refractivity contribution in [2.45, 2.75) is 65.5 Å². The minimum Gasteiger partial charge on any atom is -0.438 e. The molecule has 0 radical (unpaired) electrons. The lowest BCUT2D eigenvalue weighted by Crippen LogP contribution is -2.23. The van der Waals surface area contributed by atoms with Gasteiger partial charge in [-0.2, -0.15) is 4.98 Å². The van der Waals surface area contributed by atoms with E-state index in [-0.39, 0.29) is 30.6 Å². The number of rotatable bonds is 15. The van der Waals surface area contributed by atoms with Crippen LogP contribution in [0.3, 0.4) is 0 Å². The van der Waals surface area contributed by atoms with Crippen molar-refractivity contribution >= 4 is 36.6 Å². The van der Waals surface area contributed by atoms with Gasteiger partial charge in [0.15, 0.2) is 5.65 Å². The number of aromatic nitrogens is 4. The molecule has 1 fully saturated rings. The lowest BCUT2D eigenvalue weighted by Gasteiger charge is -2.22. The monoisotopic (exact) mass is 527 g/mol. The molecule has 0 aliphatic heterocycles. The van der Waals surface area contributed by atoms with E-state index >= 15 is 0 Å². The first-order valence-corrected chi connectivity index (χ1v) is 13.5. The van der Waals surface area contributed by atoms with Crippen molar-refractivity contribution in [3.05, 3.63) is 12.5 Å². The number of imidazole rings is 1. The molecule has 0 saturated heterocycles. The van der Waals surface area contributed by atoms with Gasteiger partial charge in [-0.3, -0.25) is 23.2 Å². The average molecular weight is 528 g/mol. The number of nitrogens with zero attached hydrogens (tertiary/aromatic N) is 4. The fraction of sp³-hybridized carbons (Fsp3) is 0.682. The van der Waals surface area contributed by atoms with E-state index in [2.05, 4.69) is 15.0 Å². The summed E-state index contributed by atoms with van der Waals surface area (Å²) in [4.78, 5) is 36.1. The first-order valence-electron chi connectivity index (χ1n) is 11.8. The molecule has 0 spiro atoms. The van der Waals surface area contributed by atoms with Crippen molar-refractivity contribution in [2.24, 2.45) is 11.8 Å². The summed E-state index contributed by atoms with van der Waals surface area (Å²) in [5, 5.41) is 0. The SMILES string of the molecule is CC(C)CC(=O)OCOP(=O)(COC1(Cn2cnc3cnc(N)nc32)CC1)OCOC(=O)CC(C)C. The second-order valence-corrected chi connectivity index (χ2v) is 11.6. The third-order valence-electron chi connectivity index (χ3n) is 5.26. The van der Waals surface area contributed by atoms with E-state index in [0.717, 1.165) is 0 Å². The van der Waals surface area contributed by atoms with Crippen LogP contribution in [0.25, 0.3) is 11.2 Å². The standard InChI is InChI=1S/C22H34N5O8P/c1-15(2)7-18(28)31-12-34-36(30,35-13-32-19(29)8-16(3)4)14-33-22(5-6-22)10-27-11-25-17-9-24-21(23)26-20(17)27/h9,11,15-16H,5-8,10,12-14H2,1-4H3,(H2,23,24,26). The Morgan fingerprint density at radius 1 is 1.06 bits per heavy atom. The minimum absolute atomic E-state index is 0.0962. The number of ether oxygens (including phenoxy) is 3. The van der Waals surface area contributed by atoms with Gasteiger partial charge in [-0.15, -0.1) is 0 Å².